The largest absolute Gasteiger partial charge is 0.366 e. The fourth-order valence-electron chi connectivity index (χ4n) is 1.98. The minimum atomic E-state index is 0.223. The first kappa shape index (κ1) is 11.2. The second-order valence-corrected chi connectivity index (χ2v) is 4.77. The molecule has 0 saturated heterocycles. The molecular weight excluding hydrogens is 296 g/mol. The number of H-pyrrole nitrogens is 1. The molecule has 2 aromatic heterocycles. The lowest BCUT2D eigenvalue weighted by Gasteiger charge is -2.02. The van der Waals surface area contributed by atoms with Crippen LogP contribution < -0.4 is 5.73 Å². The average molecular weight is 307 g/mol. The van der Waals surface area contributed by atoms with Gasteiger partial charge >= 0.3 is 0 Å². The van der Waals surface area contributed by atoms with Crippen LogP contribution in [-0.4, -0.2) is 24.7 Å². The highest BCUT2D eigenvalue weighted by Crippen LogP contribution is 2.25. The molecule has 0 fully saturated rings. The summed E-state index contributed by atoms with van der Waals surface area (Å²) in [6, 6.07) is 6.00. The molecule has 0 saturated carbocycles. The van der Waals surface area contributed by atoms with Crippen LogP contribution in [0.25, 0.3) is 22.7 Å². The van der Waals surface area contributed by atoms with Crippen molar-refractivity contribution in [3.63, 3.8) is 0 Å². The highest BCUT2D eigenvalue weighted by molar-refractivity contribution is 9.10. The topological polar surface area (TPSA) is 85.4 Å². The number of hydrogen-bond acceptors (Lipinski definition) is 4. The van der Waals surface area contributed by atoms with E-state index in [-0.39, 0.29) is 5.95 Å². The number of nitrogens with one attached hydrogen (secondary N) is 1. The van der Waals surface area contributed by atoms with Gasteiger partial charge in [0.25, 0.3) is 0 Å². The maximum absolute atomic E-state index is 5.53. The third kappa shape index (κ3) is 1.67. The first-order valence-electron chi connectivity index (χ1n) is 5.53. The third-order valence-corrected chi connectivity index (χ3v) is 3.23. The molecule has 1 aromatic carbocycles. The molecule has 6 nitrogen and oxygen atoms in total. The van der Waals surface area contributed by atoms with E-state index in [1.54, 1.807) is 0 Å². The molecule has 18 heavy (non-hydrogen) atoms. The minimum Gasteiger partial charge on any atom is -0.366 e. The SMILES string of the molecule is CCn1c(-c2nc(N)n[nH]2)nc2cc(Br)ccc21. The van der Waals surface area contributed by atoms with Crippen molar-refractivity contribution >= 4 is 32.9 Å². The van der Waals surface area contributed by atoms with Gasteiger partial charge in [-0.05, 0) is 25.1 Å². The summed E-state index contributed by atoms with van der Waals surface area (Å²) in [4.78, 5) is 8.69. The maximum atomic E-state index is 5.53. The van der Waals surface area contributed by atoms with Crippen molar-refractivity contribution in [1.29, 1.82) is 0 Å². The van der Waals surface area contributed by atoms with Crippen LogP contribution in [0, 0.1) is 0 Å². The van der Waals surface area contributed by atoms with Crippen molar-refractivity contribution in [3.05, 3.63) is 22.7 Å². The van der Waals surface area contributed by atoms with Gasteiger partial charge in [-0.2, -0.15) is 4.98 Å². The molecular formula is C11H11BrN6. The van der Waals surface area contributed by atoms with Gasteiger partial charge < -0.3 is 10.3 Å². The van der Waals surface area contributed by atoms with E-state index in [4.69, 9.17) is 5.73 Å². The molecule has 0 aliphatic carbocycles. The number of fused-ring (bicyclic) bond motifs is 1. The third-order valence-electron chi connectivity index (χ3n) is 2.74. The second kappa shape index (κ2) is 4.09. The van der Waals surface area contributed by atoms with Crippen LogP contribution in [0.4, 0.5) is 5.95 Å². The summed E-state index contributed by atoms with van der Waals surface area (Å²) in [5.74, 6) is 1.55. The Labute approximate surface area is 111 Å². The Morgan fingerprint density at radius 3 is 2.89 bits per heavy atom. The number of hydrogen-bond donors (Lipinski definition) is 2. The normalized spacial score (nSPS) is 11.2. The molecule has 0 unspecified atom stereocenters. The molecule has 2 heterocycles. The molecule has 3 N–H and O–H groups in total. The highest BCUT2D eigenvalue weighted by Gasteiger charge is 2.14. The standard InChI is InChI=1S/C11H11BrN6/c1-2-18-8-4-3-6(12)5-7(8)14-10(18)9-15-11(13)17-16-9/h3-5H,2H2,1H3,(H3,13,15,16,17). The van der Waals surface area contributed by atoms with Gasteiger partial charge in [-0.3, -0.25) is 5.10 Å². The van der Waals surface area contributed by atoms with Crippen LogP contribution in [0.1, 0.15) is 6.92 Å². The Balaban J connectivity index is 2.28. The highest BCUT2D eigenvalue weighted by atomic mass is 79.9. The van der Waals surface area contributed by atoms with Crippen LogP contribution >= 0.6 is 15.9 Å². The smallest absolute Gasteiger partial charge is 0.239 e. The van der Waals surface area contributed by atoms with Crippen LogP contribution in [0.15, 0.2) is 22.7 Å². The number of anilines is 1. The van der Waals surface area contributed by atoms with Gasteiger partial charge in [0, 0.05) is 11.0 Å². The quantitative estimate of drug-likeness (QED) is 0.760. The first-order chi connectivity index (χ1) is 8.69. The second-order valence-electron chi connectivity index (χ2n) is 3.85. The fraction of sp³-hybridized carbons (Fsp3) is 0.182. The molecule has 0 amide bonds. The lowest BCUT2D eigenvalue weighted by molar-refractivity contribution is 0.789. The molecule has 7 heteroatoms. The number of imidazole rings is 1. The van der Waals surface area contributed by atoms with Gasteiger partial charge in [-0.15, -0.1) is 5.10 Å². The number of nitrogens with zero attached hydrogens (tertiary/aromatic N) is 4. The van der Waals surface area contributed by atoms with Gasteiger partial charge in [0.05, 0.1) is 11.0 Å². The Hall–Kier alpha value is -1.89. The van der Waals surface area contributed by atoms with Crippen LogP contribution in [0.2, 0.25) is 0 Å². The number of aromatic nitrogens is 5. The van der Waals surface area contributed by atoms with E-state index in [9.17, 15) is 0 Å². The molecule has 0 bridgehead atoms. The predicted octanol–water partition coefficient (Wildman–Crippen LogP) is 2.19. The molecule has 0 radical (unpaired) electrons. The van der Waals surface area contributed by atoms with Crippen molar-refractivity contribution in [2.24, 2.45) is 0 Å². The summed E-state index contributed by atoms with van der Waals surface area (Å²) in [6.07, 6.45) is 0. The zero-order valence-electron chi connectivity index (χ0n) is 9.68. The Morgan fingerprint density at radius 2 is 2.22 bits per heavy atom. The van der Waals surface area contributed by atoms with Crippen molar-refractivity contribution in [2.75, 3.05) is 5.73 Å². The zero-order valence-corrected chi connectivity index (χ0v) is 11.3. The number of nitrogen functional groups attached to an aromatic ring is 1. The summed E-state index contributed by atoms with van der Waals surface area (Å²) in [6.45, 7) is 2.86. The maximum Gasteiger partial charge on any atom is 0.239 e. The number of rotatable bonds is 2. The van der Waals surface area contributed by atoms with Gasteiger partial charge in [-0.1, -0.05) is 15.9 Å². The van der Waals surface area contributed by atoms with E-state index in [0.29, 0.717) is 5.82 Å². The van der Waals surface area contributed by atoms with Crippen LogP contribution in [-0.2, 0) is 6.54 Å². The Bertz CT molecular complexity index is 713. The van der Waals surface area contributed by atoms with Crippen molar-refractivity contribution < 1.29 is 0 Å². The number of benzene rings is 1. The van der Waals surface area contributed by atoms with E-state index in [2.05, 4.69) is 47.6 Å². The van der Waals surface area contributed by atoms with Gasteiger partial charge in [0.1, 0.15) is 0 Å². The molecule has 3 rings (SSSR count). The van der Waals surface area contributed by atoms with Crippen molar-refractivity contribution in [3.8, 4) is 11.6 Å². The first-order valence-corrected chi connectivity index (χ1v) is 6.32. The Morgan fingerprint density at radius 1 is 1.39 bits per heavy atom. The average Bonchev–Trinajstić information content (AvgIpc) is 2.91. The zero-order chi connectivity index (χ0) is 12.7. The number of nitrogens with two attached hydrogens (primary N) is 1. The van der Waals surface area contributed by atoms with E-state index in [0.717, 1.165) is 27.9 Å². The van der Waals surface area contributed by atoms with Gasteiger partial charge in [-0.25, -0.2) is 4.98 Å². The van der Waals surface area contributed by atoms with E-state index in [1.165, 1.54) is 0 Å². The molecule has 92 valence electrons. The Kier molecular flexibility index (Phi) is 2.55. The van der Waals surface area contributed by atoms with E-state index in [1.807, 2.05) is 18.2 Å². The fourth-order valence-corrected chi connectivity index (χ4v) is 2.33. The molecule has 0 aliphatic heterocycles. The van der Waals surface area contributed by atoms with Crippen molar-refractivity contribution in [2.45, 2.75) is 13.5 Å². The molecule has 0 aliphatic rings. The number of aryl methyl sites for hydroxylation is 1. The van der Waals surface area contributed by atoms with E-state index >= 15 is 0 Å². The van der Waals surface area contributed by atoms with Gasteiger partial charge in [0.2, 0.25) is 5.95 Å². The van der Waals surface area contributed by atoms with E-state index < -0.39 is 0 Å². The van der Waals surface area contributed by atoms with Gasteiger partial charge in [0.15, 0.2) is 11.6 Å². The van der Waals surface area contributed by atoms with Crippen LogP contribution in [0.3, 0.4) is 0 Å². The van der Waals surface area contributed by atoms with Crippen molar-refractivity contribution in [1.82, 2.24) is 24.7 Å². The molecule has 3 aromatic rings. The summed E-state index contributed by atoms with van der Waals surface area (Å²) in [7, 11) is 0. The summed E-state index contributed by atoms with van der Waals surface area (Å²) in [5.41, 5.74) is 7.50. The monoisotopic (exact) mass is 306 g/mol. The summed E-state index contributed by atoms with van der Waals surface area (Å²) >= 11 is 3.44. The predicted molar refractivity (Wildman–Crippen MR) is 72.9 cm³/mol. The number of halogens is 1. The minimum absolute atomic E-state index is 0.223. The number of aromatic amines is 1. The lowest BCUT2D eigenvalue weighted by Crippen LogP contribution is -1.98. The summed E-state index contributed by atoms with van der Waals surface area (Å²) < 4.78 is 3.07. The molecule has 0 atom stereocenters. The van der Waals surface area contributed by atoms with Crippen LogP contribution in [0.5, 0.6) is 0 Å². The molecule has 0 spiro atoms. The lowest BCUT2D eigenvalue weighted by atomic mass is 10.3. The summed E-state index contributed by atoms with van der Waals surface area (Å²) in [5, 5.41) is 6.63.